The van der Waals surface area contributed by atoms with Crippen molar-refractivity contribution in [3.8, 4) is 23.7 Å². The molecule has 4 unspecified atom stereocenters. The lowest BCUT2D eigenvalue weighted by molar-refractivity contribution is -0.148. The average molecular weight is 511 g/mol. The molecule has 1 fully saturated rings. The van der Waals surface area contributed by atoms with Gasteiger partial charge in [-0.3, -0.25) is 9.59 Å². The summed E-state index contributed by atoms with van der Waals surface area (Å²) in [6.07, 6.45) is 0.765. The van der Waals surface area contributed by atoms with Crippen molar-refractivity contribution in [2.75, 3.05) is 7.11 Å². The molecule has 9 heteroatoms. The van der Waals surface area contributed by atoms with Gasteiger partial charge in [-0.15, -0.1) is 0 Å². The highest BCUT2D eigenvalue weighted by Gasteiger charge is 2.83. The first kappa shape index (κ1) is 24.0. The maximum atomic E-state index is 13.8. The van der Waals surface area contributed by atoms with Gasteiger partial charge in [0, 0.05) is 28.0 Å². The Bertz CT molecular complexity index is 1580. The van der Waals surface area contributed by atoms with Crippen molar-refractivity contribution in [1.82, 2.24) is 5.32 Å². The number of rotatable bonds is 3. The molecule has 2 heterocycles. The second-order valence-corrected chi connectivity index (χ2v) is 9.54. The molecule has 0 amide bonds. The molecule has 3 aliphatic carbocycles. The van der Waals surface area contributed by atoms with Gasteiger partial charge in [0.25, 0.3) is 0 Å². The van der Waals surface area contributed by atoms with Crippen LogP contribution in [0, 0.1) is 35.5 Å². The van der Waals surface area contributed by atoms with E-state index in [4.69, 9.17) is 4.74 Å². The molecule has 38 heavy (non-hydrogen) atoms. The lowest BCUT2D eigenvalue weighted by Gasteiger charge is -2.43. The number of benzene rings is 1. The SMILES string of the molecule is C=C(C(O)C(=O)OC)C12O[C@]13C1=C(N[C@H]2C#C/C=C\C#C[C@H]3O)C2C(=O)c3ccccc3C(=O)C2C(O)=C1. The van der Waals surface area contributed by atoms with Crippen LogP contribution in [0.1, 0.15) is 20.7 Å². The Morgan fingerprint density at radius 2 is 1.76 bits per heavy atom. The van der Waals surface area contributed by atoms with E-state index in [0.29, 0.717) is 0 Å². The quantitative estimate of drug-likeness (QED) is 0.197. The number of esters is 1. The Kier molecular flexibility index (Phi) is 5.07. The number of ketones is 2. The molecule has 9 nitrogen and oxygen atoms in total. The van der Waals surface area contributed by atoms with Gasteiger partial charge in [-0.25, -0.2) is 4.79 Å². The van der Waals surface area contributed by atoms with Crippen molar-refractivity contribution >= 4 is 17.5 Å². The van der Waals surface area contributed by atoms with Crippen LogP contribution in [-0.2, 0) is 14.3 Å². The zero-order valence-electron chi connectivity index (χ0n) is 20.0. The van der Waals surface area contributed by atoms with Crippen LogP contribution in [0.5, 0.6) is 0 Å². The fourth-order valence-corrected chi connectivity index (χ4v) is 6.06. The summed E-state index contributed by atoms with van der Waals surface area (Å²) in [7, 11) is 1.10. The topological polar surface area (TPSA) is 146 Å². The third-order valence-electron chi connectivity index (χ3n) is 7.82. The maximum Gasteiger partial charge on any atom is 0.339 e. The lowest BCUT2D eigenvalue weighted by atomic mass is 9.62. The number of nitrogens with one attached hydrogen (secondary N) is 1. The molecule has 190 valence electrons. The molecule has 0 spiro atoms. The molecule has 2 aliphatic heterocycles. The lowest BCUT2D eigenvalue weighted by Crippen LogP contribution is -2.60. The zero-order valence-corrected chi connectivity index (χ0v) is 20.0. The number of fused-ring (bicyclic) bond motifs is 3. The minimum absolute atomic E-state index is 0.152. The number of aliphatic hydroxyl groups excluding tert-OH is 3. The minimum atomic E-state index is -1.84. The summed E-state index contributed by atoms with van der Waals surface area (Å²) < 4.78 is 10.9. The molecule has 0 aromatic heterocycles. The second-order valence-electron chi connectivity index (χ2n) is 9.54. The molecule has 0 saturated carbocycles. The largest absolute Gasteiger partial charge is 0.511 e. The summed E-state index contributed by atoms with van der Waals surface area (Å²) in [5, 5.41) is 36.4. The van der Waals surface area contributed by atoms with Crippen LogP contribution in [-0.4, -0.2) is 69.4 Å². The minimum Gasteiger partial charge on any atom is -0.511 e. The maximum absolute atomic E-state index is 13.8. The van der Waals surface area contributed by atoms with Crippen LogP contribution in [0.15, 0.2) is 71.7 Å². The molecular weight excluding hydrogens is 490 g/mol. The molecule has 2 bridgehead atoms. The van der Waals surface area contributed by atoms with E-state index in [1.54, 1.807) is 18.2 Å². The summed E-state index contributed by atoms with van der Waals surface area (Å²) in [5.41, 5.74) is -2.83. The highest BCUT2D eigenvalue weighted by molar-refractivity contribution is 6.18. The molecule has 7 atom stereocenters. The van der Waals surface area contributed by atoms with Crippen LogP contribution >= 0.6 is 0 Å². The van der Waals surface area contributed by atoms with Gasteiger partial charge in [-0.2, -0.15) is 0 Å². The van der Waals surface area contributed by atoms with Gasteiger partial charge < -0.3 is 30.1 Å². The van der Waals surface area contributed by atoms with Crippen molar-refractivity contribution in [3.63, 3.8) is 0 Å². The number of hydrogen-bond donors (Lipinski definition) is 4. The van der Waals surface area contributed by atoms with Crippen molar-refractivity contribution in [3.05, 3.63) is 82.8 Å². The van der Waals surface area contributed by atoms with Gasteiger partial charge in [0.1, 0.15) is 11.8 Å². The Balaban J connectivity index is 1.60. The van der Waals surface area contributed by atoms with Gasteiger partial charge in [-0.1, -0.05) is 54.5 Å². The first-order chi connectivity index (χ1) is 18.2. The van der Waals surface area contributed by atoms with Crippen LogP contribution in [0.2, 0.25) is 0 Å². The molecule has 6 rings (SSSR count). The van der Waals surface area contributed by atoms with Crippen LogP contribution in [0.25, 0.3) is 0 Å². The van der Waals surface area contributed by atoms with Crippen molar-refractivity contribution < 1.29 is 39.2 Å². The molecule has 0 radical (unpaired) electrons. The predicted molar refractivity (Wildman–Crippen MR) is 131 cm³/mol. The van der Waals surface area contributed by atoms with Crippen molar-refractivity contribution in [1.29, 1.82) is 0 Å². The summed E-state index contributed by atoms with van der Waals surface area (Å²) in [6.45, 7) is 3.91. The smallest absolute Gasteiger partial charge is 0.339 e. The number of epoxide rings is 1. The molecule has 1 saturated heterocycles. The summed E-state index contributed by atoms with van der Waals surface area (Å²) in [5.74, 6) is 6.56. The van der Waals surface area contributed by atoms with Crippen molar-refractivity contribution in [2.45, 2.75) is 29.5 Å². The molecular formula is C29H21NO8. The van der Waals surface area contributed by atoms with Gasteiger partial charge in [-0.05, 0) is 18.2 Å². The van der Waals surface area contributed by atoms with Gasteiger partial charge >= 0.3 is 5.97 Å². The van der Waals surface area contributed by atoms with Crippen molar-refractivity contribution in [2.24, 2.45) is 11.8 Å². The van der Waals surface area contributed by atoms with E-state index < -0.39 is 58.8 Å². The Hall–Kier alpha value is -4.41. The average Bonchev–Trinajstić information content (AvgIpc) is 3.65. The number of hydrogen-bond acceptors (Lipinski definition) is 9. The third kappa shape index (κ3) is 2.81. The van der Waals surface area contributed by atoms with Gasteiger partial charge in [0.2, 0.25) is 0 Å². The molecule has 1 aromatic carbocycles. The number of carbonyl (C=O) groups is 3. The number of Topliss-reactive ketones (excluding diaryl/α,β-unsaturated/α-hetero) is 2. The number of allylic oxidation sites excluding steroid dienone is 4. The van der Waals surface area contributed by atoms with E-state index in [1.807, 2.05) is 0 Å². The van der Waals surface area contributed by atoms with E-state index in [2.05, 4.69) is 40.3 Å². The molecule has 1 aromatic rings. The Morgan fingerprint density at radius 3 is 2.42 bits per heavy atom. The fraction of sp³-hybridized carbons (Fsp3) is 0.276. The normalized spacial score (nSPS) is 35.1. The van der Waals surface area contributed by atoms with E-state index >= 15 is 0 Å². The summed E-state index contributed by atoms with van der Waals surface area (Å²) in [6, 6.07) is 5.34. The Morgan fingerprint density at radius 1 is 1.13 bits per heavy atom. The van der Waals surface area contributed by atoms with E-state index in [1.165, 1.54) is 24.3 Å². The Labute approximate surface area is 217 Å². The first-order valence-corrected chi connectivity index (χ1v) is 11.8. The number of methoxy groups -OCH3 is 1. The third-order valence-corrected chi connectivity index (χ3v) is 7.82. The van der Waals surface area contributed by atoms with Gasteiger partial charge in [0.05, 0.1) is 18.9 Å². The summed E-state index contributed by atoms with van der Waals surface area (Å²) in [4.78, 5) is 39.5. The number of carbonyl (C=O) groups excluding carboxylic acids is 3. The monoisotopic (exact) mass is 511 g/mol. The van der Waals surface area contributed by atoms with E-state index in [-0.39, 0.29) is 33.7 Å². The summed E-state index contributed by atoms with van der Waals surface area (Å²) >= 11 is 0. The molecule has 4 N–H and O–H groups in total. The first-order valence-electron chi connectivity index (χ1n) is 11.8. The number of ether oxygens (including phenoxy) is 2. The van der Waals surface area contributed by atoms with E-state index in [9.17, 15) is 29.7 Å². The highest BCUT2D eigenvalue weighted by Crippen LogP contribution is 2.66. The van der Waals surface area contributed by atoms with Crippen LogP contribution < -0.4 is 5.32 Å². The van der Waals surface area contributed by atoms with Gasteiger partial charge in [0.15, 0.2) is 35.0 Å². The molecule has 5 aliphatic rings. The standard InChI is InChI=1S/C29H21NO8/c1-14(24(33)27(36)37-2)28-19-11-5-3-4-6-12-20(32)29(28,38-28)17-13-18(31)21-22(23(17)30-19)26(35)16-10-8-7-9-15(16)25(21)34/h3-4,7-10,13,19-22,24,30-33H,1H2,2H3/b4-3-/t19-,20+,21?,22?,24?,28?,29-/m0/s1. The fourth-order valence-electron chi connectivity index (χ4n) is 6.06. The predicted octanol–water partition coefficient (Wildman–Crippen LogP) is 0.515. The highest BCUT2D eigenvalue weighted by atomic mass is 16.6. The second kappa shape index (κ2) is 8.04. The van der Waals surface area contributed by atoms with Crippen LogP contribution in [0.3, 0.4) is 0 Å². The van der Waals surface area contributed by atoms with E-state index in [0.717, 1.165) is 7.11 Å². The van der Waals surface area contributed by atoms with Crippen LogP contribution in [0.4, 0.5) is 0 Å². The zero-order chi connectivity index (χ0) is 27.0. The number of aliphatic hydroxyl groups is 3.